The highest BCUT2D eigenvalue weighted by molar-refractivity contribution is 5.82. The number of fused-ring (bicyclic) bond motifs is 1. The van der Waals surface area contributed by atoms with E-state index in [1.54, 1.807) is 0 Å². The number of carbonyl (C=O) groups excluding carboxylic acids is 1. The predicted molar refractivity (Wildman–Crippen MR) is 84.9 cm³/mol. The molecule has 1 aromatic carbocycles. The number of carbonyl (C=O) groups is 1. The van der Waals surface area contributed by atoms with Crippen LogP contribution in [0.5, 0.6) is 0 Å². The fourth-order valence-electron chi connectivity index (χ4n) is 3.66. The zero-order valence-electron chi connectivity index (χ0n) is 12.5. The Balaban J connectivity index is 1.43. The average Bonchev–Trinajstić information content (AvgIpc) is 2.93. The van der Waals surface area contributed by atoms with Crippen LogP contribution in [0.15, 0.2) is 24.3 Å². The van der Waals surface area contributed by atoms with Crippen molar-refractivity contribution in [3.63, 3.8) is 0 Å². The molecule has 0 bridgehead atoms. The molecular weight excluding hydrogens is 262 g/mol. The number of anilines is 1. The van der Waals surface area contributed by atoms with Crippen molar-refractivity contribution in [3.8, 4) is 0 Å². The number of amides is 1. The van der Waals surface area contributed by atoms with Crippen molar-refractivity contribution in [1.82, 2.24) is 10.6 Å². The third kappa shape index (κ3) is 3.56. The van der Waals surface area contributed by atoms with Crippen LogP contribution in [0.1, 0.15) is 37.7 Å². The van der Waals surface area contributed by atoms with Crippen LogP contribution in [0.3, 0.4) is 0 Å². The Morgan fingerprint density at radius 1 is 1.24 bits per heavy atom. The maximum absolute atomic E-state index is 12.2. The van der Waals surface area contributed by atoms with E-state index in [4.69, 9.17) is 5.73 Å². The molecule has 4 heteroatoms. The number of nitrogens with two attached hydrogens (primary N) is 1. The molecule has 0 aromatic heterocycles. The van der Waals surface area contributed by atoms with E-state index in [1.807, 2.05) is 24.3 Å². The molecule has 1 aliphatic carbocycles. The first-order valence-corrected chi connectivity index (χ1v) is 8.10. The lowest BCUT2D eigenvalue weighted by Gasteiger charge is -2.24. The Morgan fingerprint density at radius 2 is 2.00 bits per heavy atom. The zero-order valence-corrected chi connectivity index (χ0v) is 12.5. The van der Waals surface area contributed by atoms with E-state index in [1.165, 1.54) is 31.2 Å². The molecular formula is C17H25N3O. The van der Waals surface area contributed by atoms with Crippen LogP contribution >= 0.6 is 0 Å². The van der Waals surface area contributed by atoms with Crippen molar-refractivity contribution in [2.24, 2.45) is 5.92 Å². The highest BCUT2D eigenvalue weighted by Gasteiger charge is 2.37. The smallest absolute Gasteiger partial charge is 0.237 e. The van der Waals surface area contributed by atoms with Gasteiger partial charge in [0.1, 0.15) is 0 Å². The molecule has 2 fully saturated rings. The minimum absolute atomic E-state index is 0.0181. The second kappa shape index (κ2) is 6.48. The second-order valence-corrected chi connectivity index (χ2v) is 6.39. The van der Waals surface area contributed by atoms with Crippen molar-refractivity contribution < 1.29 is 4.79 Å². The van der Waals surface area contributed by atoms with Gasteiger partial charge < -0.3 is 16.4 Å². The van der Waals surface area contributed by atoms with Gasteiger partial charge in [-0.2, -0.15) is 0 Å². The van der Waals surface area contributed by atoms with Crippen molar-refractivity contribution in [3.05, 3.63) is 29.8 Å². The molecule has 21 heavy (non-hydrogen) atoms. The van der Waals surface area contributed by atoms with Gasteiger partial charge in [0.25, 0.3) is 0 Å². The molecule has 1 saturated carbocycles. The zero-order chi connectivity index (χ0) is 14.7. The van der Waals surface area contributed by atoms with Crippen LogP contribution in [0.4, 0.5) is 5.69 Å². The summed E-state index contributed by atoms with van der Waals surface area (Å²) in [7, 11) is 0. The van der Waals surface area contributed by atoms with Gasteiger partial charge in [-0.15, -0.1) is 0 Å². The first-order valence-electron chi connectivity index (χ1n) is 8.10. The van der Waals surface area contributed by atoms with E-state index in [-0.39, 0.29) is 11.9 Å². The lowest BCUT2D eigenvalue weighted by atomic mass is 9.85. The summed E-state index contributed by atoms with van der Waals surface area (Å²) in [6.45, 7) is 0.691. The molecule has 2 aliphatic rings. The Morgan fingerprint density at radius 3 is 2.76 bits per heavy atom. The van der Waals surface area contributed by atoms with Gasteiger partial charge in [-0.05, 0) is 49.3 Å². The van der Waals surface area contributed by atoms with Crippen molar-refractivity contribution in [1.29, 1.82) is 0 Å². The van der Waals surface area contributed by atoms with Crippen LogP contribution in [-0.2, 0) is 11.2 Å². The average molecular weight is 287 g/mol. The van der Waals surface area contributed by atoms with Crippen LogP contribution in [0, 0.1) is 5.92 Å². The summed E-state index contributed by atoms with van der Waals surface area (Å²) in [5, 5.41) is 6.58. The summed E-state index contributed by atoms with van der Waals surface area (Å²) >= 11 is 0. The highest BCUT2D eigenvalue weighted by atomic mass is 16.2. The van der Waals surface area contributed by atoms with Gasteiger partial charge in [-0.25, -0.2) is 0 Å². The Bertz CT molecular complexity index is 471. The minimum atomic E-state index is 0.0181. The van der Waals surface area contributed by atoms with Crippen LogP contribution in [0.25, 0.3) is 0 Å². The van der Waals surface area contributed by atoms with E-state index in [2.05, 4.69) is 10.6 Å². The molecule has 1 heterocycles. The molecule has 3 atom stereocenters. The SMILES string of the molecule is Nc1ccc(CCNC(=O)C2CC3CCCCC3N2)cc1. The number of hydrogen-bond acceptors (Lipinski definition) is 3. The van der Waals surface area contributed by atoms with Crippen molar-refractivity contribution in [2.45, 2.75) is 50.6 Å². The standard InChI is InChI=1S/C17H25N3O/c18-14-7-5-12(6-8-14)9-10-19-17(21)16-11-13-3-1-2-4-15(13)20-16/h5-8,13,15-16,20H,1-4,9-11,18H2,(H,19,21). The maximum Gasteiger partial charge on any atom is 0.237 e. The number of benzene rings is 1. The van der Waals surface area contributed by atoms with Crippen molar-refractivity contribution >= 4 is 11.6 Å². The quantitative estimate of drug-likeness (QED) is 0.740. The summed E-state index contributed by atoms with van der Waals surface area (Å²) in [6.07, 6.45) is 7.02. The molecule has 114 valence electrons. The highest BCUT2D eigenvalue weighted by Crippen LogP contribution is 2.33. The number of hydrogen-bond donors (Lipinski definition) is 3. The van der Waals surface area contributed by atoms with Gasteiger partial charge in [-0.1, -0.05) is 25.0 Å². The number of rotatable bonds is 4. The van der Waals surface area contributed by atoms with Gasteiger partial charge in [0.15, 0.2) is 0 Å². The minimum Gasteiger partial charge on any atom is -0.399 e. The number of nitrogen functional groups attached to an aromatic ring is 1. The van der Waals surface area contributed by atoms with Gasteiger partial charge in [-0.3, -0.25) is 4.79 Å². The lowest BCUT2D eigenvalue weighted by Crippen LogP contribution is -2.43. The topological polar surface area (TPSA) is 67.1 Å². The van der Waals surface area contributed by atoms with Gasteiger partial charge >= 0.3 is 0 Å². The fourth-order valence-corrected chi connectivity index (χ4v) is 3.66. The summed E-state index contributed by atoms with van der Waals surface area (Å²) in [4.78, 5) is 12.2. The van der Waals surface area contributed by atoms with Gasteiger partial charge in [0.05, 0.1) is 6.04 Å². The molecule has 0 spiro atoms. The molecule has 3 unspecified atom stereocenters. The number of nitrogens with one attached hydrogen (secondary N) is 2. The molecule has 3 rings (SSSR count). The van der Waals surface area contributed by atoms with Crippen LogP contribution in [0.2, 0.25) is 0 Å². The van der Waals surface area contributed by atoms with E-state index in [0.717, 1.165) is 18.5 Å². The Labute approximate surface area is 126 Å². The monoisotopic (exact) mass is 287 g/mol. The third-order valence-corrected chi connectivity index (χ3v) is 4.87. The summed E-state index contributed by atoms with van der Waals surface area (Å²) in [5.41, 5.74) is 7.65. The first-order chi connectivity index (χ1) is 10.2. The van der Waals surface area contributed by atoms with Crippen LogP contribution < -0.4 is 16.4 Å². The molecule has 1 aromatic rings. The van der Waals surface area contributed by atoms with Gasteiger partial charge in [0, 0.05) is 18.3 Å². The Kier molecular flexibility index (Phi) is 4.44. The molecule has 1 amide bonds. The third-order valence-electron chi connectivity index (χ3n) is 4.87. The molecule has 0 radical (unpaired) electrons. The summed E-state index contributed by atoms with van der Waals surface area (Å²) in [5.74, 6) is 0.881. The summed E-state index contributed by atoms with van der Waals surface area (Å²) < 4.78 is 0. The fraction of sp³-hybridized carbons (Fsp3) is 0.588. The Hall–Kier alpha value is -1.55. The first kappa shape index (κ1) is 14.4. The van der Waals surface area contributed by atoms with Crippen molar-refractivity contribution in [2.75, 3.05) is 12.3 Å². The van der Waals surface area contributed by atoms with E-state index >= 15 is 0 Å². The van der Waals surface area contributed by atoms with E-state index < -0.39 is 0 Å². The normalized spacial score (nSPS) is 28.1. The lowest BCUT2D eigenvalue weighted by molar-refractivity contribution is -0.122. The van der Waals surface area contributed by atoms with Crippen LogP contribution in [-0.4, -0.2) is 24.5 Å². The molecule has 1 saturated heterocycles. The second-order valence-electron chi connectivity index (χ2n) is 6.39. The molecule has 4 nitrogen and oxygen atoms in total. The predicted octanol–water partition coefficient (Wildman–Crippen LogP) is 1.85. The van der Waals surface area contributed by atoms with E-state index in [0.29, 0.717) is 18.5 Å². The van der Waals surface area contributed by atoms with Gasteiger partial charge in [0.2, 0.25) is 5.91 Å². The maximum atomic E-state index is 12.2. The molecule has 4 N–H and O–H groups in total. The largest absolute Gasteiger partial charge is 0.399 e. The summed E-state index contributed by atoms with van der Waals surface area (Å²) in [6, 6.07) is 8.44. The molecule has 1 aliphatic heterocycles. The van der Waals surface area contributed by atoms with E-state index in [9.17, 15) is 4.79 Å².